The minimum absolute atomic E-state index is 0.170. The summed E-state index contributed by atoms with van der Waals surface area (Å²) >= 11 is 12.3. The predicted octanol–water partition coefficient (Wildman–Crippen LogP) is 4.56. The molecule has 0 aliphatic carbocycles. The first-order valence-electron chi connectivity index (χ1n) is 9.47. The number of ether oxygens (including phenoxy) is 1. The van der Waals surface area contributed by atoms with E-state index in [9.17, 15) is 9.59 Å². The fraction of sp³-hybridized carbons (Fsp3) is 0.364. The molecule has 2 aromatic carbocycles. The van der Waals surface area contributed by atoms with Crippen molar-refractivity contribution in [2.24, 2.45) is 5.92 Å². The van der Waals surface area contributed by atoms with Crippen molar-refractivity contribution in [3.05, 3.63) is 64.1 Å². The number of rotatable bonds is 9. The maximum Gasteiger partial charge on any atom is 0.261 e. The Balaban J connectivity index is 2.16. The zero-order valence-electron chi connectivity index (χ0n) is 16.8. The highest BCUT2D eigenvalue weighted by molar-refractivity contribution is 6.35. The van der Waals surface area contributed by atoms with E-state index in [2.05, 4.69) is 5.32 Å². The fourth-order valence-corrected chi connectivity index (χ4v) is 3.08. The average molecular weight is 437 g/mol. The molecule has 0 saturated carbocycles. The Morgan fingerprint density at radius 2 is 1.76 bits per heavy atom. The van der Waals surface area contributed by atoms with Crippen molar-refractivity contribution < 1.29 is 14.3 Å². The van der Waals surface area contributed by atoms with E-state index in [1.54, 1.807) is 37.3 Å². The van der Waals surface area contributed by atoms with Gasteiger partial charge < -0.3 is 15.0 Å². The van der Waals surface area contributed by atoms with E-state index >= 15 is 0 Å². The number of carbonyl (C=O) groups is 2. The lowest BCUT2D eigenvalue weighted by molar-refractivity contribution is -0.142. The van der Waals surface area contributed by atoms with Gasteiger partial charge in [-0.2, -0.15) is 0 Å². The van der Waals surface area contributed by atoms with Gasteiger partial charge in [0.2, 0.25) is 5.91 Å². The van der Waals surface area contributed by atoms with E-state index in [1.165, 1.54) is 4.90 Å². The quantitative estimate of drug-likeness (QED) is 0.626. The topological polar surface area (TPSA) is 58.6 Å². The van der Waals surface area contributed by atoms with Crippen LogP contribution in [-0.2, 0) is 16.1 Å². The number of nitrogens with zero attached hydrogens (tertiary/aromatic N) is 1. The Morgan fingerprint density at radius 3 is 2.38 bits per heavy atom. The SMILES string of the molecule is CC(C)CNC(=O)[C@@H](C)N(Cc1ccc(Cl)cc1Cl)C(=O)COc1ccccc1. The minimum atomic E-state index is -0.688. The summed E-state index contributed by atoms with van der Waals surface area (Å²) < 4.78 is 5.59. The van der Waals surface area contributed by atoms with Crippen LogP contribution in [0.5, 0.6) is 5.75 Å². The molecule has 0 heterocycles. The third-order valence-electron chi connectivity index (χ3n) is 4.31. The van der Waals surface area contributed by atoms with Crippen LogP contribution in [0.2, 0.25) is 10.0 Å². The van der Waals surface area contributed by atoms with Gasteiger partial charge in [-0.3, -0.25) is 9.59 Å². The van der Waals surface area contributed by atoms with E-state index in [0.29, 0.717) is 33.8 Å². The first kappa shape index (κ1) is 23.0. The Morgan fingerprint density at radius 1 is 1.07 bits per heavy atom. The maximum atomic E-state index is 12.9. The summed E-state index contributed by atoms with van der Waals surface area (Å²) in [5.41, 5.74) is 0.702. The van der Waals surface area contributed by atoms with Crippen molar-refractivity contribution in [3.63, 3.8) is 0 Å². The monoisotopic (exact) mass is 436 g/mol. The van der Waals surface area contributed by atoms with E-state index in [1.807, 2.05) is 32.0 Å². The van der Waals surface area contributed by atoms with Crippen molar-refractivity contribution in [2.45, 2.75) is 33.4 Å². The van der Waals surface area contributed by atoms with Gasteiger partial charge in [-0.1, -0.05) is 61.3 Å². The van der Waals surface area contributed by atoms with Crippen molar-refractivity contribution >= 4 is 35.0 Å². The molecule has 156 valence electrons. The molecule has 0 aliphatic heterocycles. The number of hydrogen-bond donors (Lipinski definition) is 1. The number of nitrogens with one attached hydrogen (secondary N) is 1. The normalized spacial score (nSPS) is 11.8. The summed E-state index contributed by atoms with van der Waals surface area (Å²) in [6, 6.07) is 13.4. The van der Waals surface area contributed by atoms with Crippen LogP contribution in [0.25, 0.3) is 0 Å². The van der Waals surface area contributed by atoms with Gasteiger partial charge in [-0.05, 0) is 42.7 Å². The molecular formula is C22H26Cl2N2O3. The second-order valence-corrected chi connectivity index (χ2v) is 8.02. The van der Waals surface area contributed by atoms with Crippen LogP contribution in [-0.4, -0.2) is 35.9 Å². The highest BCUT2D eigenvalue weighted by Gasteiger charge is 2.27. The highest BCUT2D eigenvalue weighted by Crippen LogP contribution is 2.23. The standard InChI is InChI=1S/C22H26Cl2N2O3/c1-15(2)12-25-22(28)16(3)26(13-17-9-10-18(23)11-20(17)24)21(27)14-29-19-7-5-4-6-8-19/h4-11,15-16H,12-14H2,1-3H3,(H,25,28)/t16-/m1/s1. The molecule has 1 atom stereocenters. The van der Waals surface area contributed by atoms with Gasteiger partial charge in [-0.25, -0.2) is 0 Å². The molecule has 0 unspecified atom stereocenters. The number of carbonyl (C=O) groups excluding carboxylic acids is 2. The van der Waals surface area contributed by atoms with Crippen LogP contribution < -0.4 is 10.1 Å². The first-order chi connectivity index (χ1) is 13.8. The van der Waals surface area contributed by atoms with Crippen LogP contribution in [0.15, 0.2) is 48.5 Å². The smallest absolute Gasteiger partial charge is 0.261 e. The number of amides is 2. The van der Waals surface area contributed by atoms with Crippen LogP contribution in [0.1, 0.15) is 26.3 Å². The third kappa shape index (κ3) is 7.26. The van der Waals surface area contributed by atoms with Gasteiger partial charge in [-0.15, -0.1) is 0 Å². The molecule has 0 aromatic heterocycles. The van der Waals surface area contributed by atoms with Crippen LogP contribution in [0.4, 0.5) is 0 Å². The number of para-hydroxylation sites is 1. The molecular weight excluding hydrogens is 411 g/mol. The summed E-state index contributed by atoms with van der Waals surface area (Å²) in [6.07, 6.45) is 0. The lowest BCUT2D eigenvalue weighted by atomic mass is 10.1. The summed E-state index contributed by atoms with van der Waals surface area (Å²) in [7, 11) is 0. The molecule has 0 radical (unpaired) electrons. The summed E-state index contributed by atoms with van der Waals surface area (Å²) in [6.45, 7) is 6.23. The molecule has 0 spiro atoms. The Labute approximate surface area is 181 Å². The minimum Gasteiger partial charge on any atom is -0.484 e. The van der Waals surface area contributed by atoms with E-state index in [0.717, 1.165) is 0 Å². The molecule has 7 heteroatoms. The number of hydrogen-bond acceptors (Lipinski definition) is 3. The highest BCUT2D eigenvalue weighted by atomic mass is 35.5. The van der Waals surface area contributed by atoms with Crippen molar-refractivity contribution in [3.8, 4) is 5.75 Å². The number of benzene rings is 2. The Kier molecular flexibility index (Phi) is 8.80. The molecule has 0 fully saturated rings. The summed E-state index contributed by atoms with van der Waals surface area (Å²) in [5.74, 6) is 0.355. The predicted molar refractivity (Wildman–Crippen MR) is 116 cm³/mol. The molecule has 29 heavy (non-hydrogen) atoms. The van der Waals surface area contributed by atoms with Crippen molar-refractivity contribution in [1.82, 2.24) is 10.2 Å². The average Bonchev–Trinajstić information content (AvgIpc) is 2.70. The maximum absolute atomic E-state index is 12.9. The van der Waals surface area contributed by atoms with Gasteiger partial charge in [0.1, 0.15) is 11.8 Å². The molecule has 2 amide bonds. The second-order valence-electron chi connectivity index (χ2n) is 7.17. The van der Waals surface area contributed by atoms with E-state index < -0.39 is 6.04 Å². The molecule has 0 aliphatic rings. The van der Waals surface area contributed by atoms with Crippen molar-refractivity contribution in [2.75, 3.05) is 13.2 Å². The number of halogens is 2. The van der Waals surface area contributed by atoms with Gasteiger partial charge >= 0.3 is 0 Å². The van der Waals surface area contributed by atoms with Gasteiger partial charge in [0.25, 0.3) is 5.91 Å². The van der Waals surface area contributed by atoms with E-state index in [-0.39, 0.29) is 25.0 Å². The molecule has 2 aromatic rings. The second kappa shape index (κ2) is 11.1. The lowest BCUT2D eigenvalue weighted by Crippen LogP contribution is -2.49. The molecule has 2 rings (SSSR count). The molecule has 0 saturated heterocycles. The van der Waals surface area contributed by atoms with Crippen LogP contribution in [0, 0.1) is 5.92 Å². The lowest BCUT2D eigenvalue weighted by Gasteiger charge is -2.29. The van der Waals surface area contributed by atoms with Gasteiger partial charge in [0, 0.05) is 23.1 Å². The first-order valence-corrected chi connectivity index (χ1v) is 10.2. The summed E-state index contributed by atoms with van der Waals surface area (Å²) in [4.78, 5) is 27.0. The Bertz CT molecular complexity index is 828. The largest absolute Gasteiger partial charge is 0.484 e. The zero-order valence-corrected chi connectivity index (χ0v) is 18.3. The summed E-state index contributed by atoms with van der Waals surface area (Å²) in [5, 5.41) is 3.82. The fourth-order valence-electron chi connectivity index (χ4n) is 2.61. The van der Waals surface area contributed by atoms with Crippen LogP contribution in [0.3, 0.4) is 0 Å². The van der Waals surface area contributed by atoms with Gasteiger partial charge in [0.15, 0.2) is 6.61 Å². The van der Waals surface area contributed by atoms with Crippen molar-refractivity contribution in [1.29, 1.82) is 0 Å². The Hall–Kier alpha value is -2.24. The van der Waals surface area contributed by atoms with Gasteiger partial charge in [0.05, 0.1) is 0 Å². The third-order valence-corrected chi connectivity index (χ3v) is 4.90. The van der Waals surface area contributed by atoms with Crippen LogP contribution >= 0.6 is 23.2 Å². The molecule has 1 N–H and O–H groups in total. The van der Waals surface area contributed by atoms with E-state index in [4.69, 9.17) is 27.9 Å². The molecule has 5 nitrogen and oxygen atoms in total. The molecule has 0 bridgehead atoms. The zero-order chi connectivity index (χ0) is 21.4.